The summed E-state index contributed by atoms with van der Waals surface area (Å²) in [7, 11) is 3.09. The number of carbonyl (C=O) groups is 1. The zero-order valence-electron chi connectivity index (χ0n) is 16.1. The molecule has 1 aliphatic heterocycles. The number of hydrogen-bond acceptors (Lipinski definition) is 7. The Morgan fingerprint density at radius 1 is 1.07 bits per heavy atom. The highest BCUT2D eigenvalue weighted by atomic mass is 32.1. The molecule has 0 aliphatic carbocycles. The summed E-state index contributed by atoms with van der Waals surface area (Å²) in [5, 5.41) is 2.69. The molecule has 1 atom stereocenters. The van der Waals surface area contributed by atoms with Crippen molar-refractivity contribution in [2.24, 2.45) is 0 Å². The summed E-state index contributed by atoms with van der Waals surface area (Å²) in [6.07, 6.45) is 1.62. The van der Waals surface area contributed by atoms with Gasteiger partial charge in [0.05, 0.1) is 31.2 Å². The van der Waals surface area contributed by atoms with Crippen molar-refractivity contribution in [2.75, 3.05) is 19.1 Å². The molecule has 0 spiro atoms. The van der Waals surface area contributed by atoms with Crippen molar-refractivity contribution >= 4 is 33.3 Å². The summed E-state index contributed by atoms with van der Waals surface area (Å²) < 4.78 is 16.7. The molecule has 0 bridgehead atoms. The number of fused-ring (bicyclic) bond motifs is 2. The fourth-order valence-corrected chi connectivity index (χ4v) is 4.46. The summed E-state index contributed by atoms with van der Waals surface area (Å²) in [5.41, 5.74) is 1.12. The topological polar surface area (TPSA) is 81.9 Å². The van der Waals surface area contributed by atoms with Gasteiger partial charge < -0.3 is 13.9 Å². The van der Waals surface area contributed by atoms with Gasteiger partial charge >= 0.3 is 0 Å². The first kappa shape index (κ1) is 18.4. The Hall–Kier alpha value is -3.65. The zero-order chi connectivity index (χ0) is 20.8. The van der Waals surface area contributed by atoms with Gasteiger partial charge in [-0.05, 0) is 29.8 Å². The maximum atomic E-state index is 13.4. The van der Waals surface area contributed by atoms with Crippen LogP contribution >= 0.6 is 11.3 Å². The molecule has 8 heteroatoms. The van der Waals surface area contributed by atoms with Crippen LogP contribution in [0.5, 0.6) is 11.5 Å². The molecular weight excluding hydrogens is 404 g/mol. The van der Waals surface area contributed by atoms with E-state index in [4.69, 9.17) is 13.9 Å². The second-order valence-corrected chi connectivity index (χ2v) is 7.55. The zero-order valence-corrected chi connectivity index (χ0v) is 16.9. The second-order valence-electron chi connectivity index (χ2n) is 6.68. The van der Waals surface area contributed by atoms with Crippen LogP contribution in [-0.2, 0) is 0 Å². The Morgan fingerprint density at radius 3 is 2.60 bits per heavy atom. The average Bonchev–Trinajstić information content (AvgIpc) is 3.40. The van der Waals surface area contributed by atoms with Crippen LogP contribution in [-0.4, -0.2) is 25.1 Å². The van der Waals surface area contributed by atoms with Crippen LogP contribution in [0.1, 0.15) is 27.7 Å². The van der Waals surface area contributed by atoms with Gasteiger partial charge in [0.25, 0.3) is 5.91 Å². The van der Waals surface area contributed by atoms with E-state index in [-0.39, 0.29) is 11.2 Å². The fraction of sp³-hybridized carbons (Fsp3) is 0.136. The molecule has 30 heavy (non-hydrogen) atoms. The summed E-state index contributed by atoms with van der Waals surface area (Å²) in [4.78, 5) is 32.6. The van der Waals surface area contributed by atoms with E-state index in [0.29, 0.717) is 38.7 Å². The van der Waals surface area contributed by atoms with Crippen molar-refractivity contribution in [2.45, 2.75) is 6.04 Å². The van der Waals surface area contributed by atoms with Crippen LogP contribution in [0.2, 0.25) is 0 Å². The van der Waals surface area contributed by atoms with Crippen LogP contribution in [0.15, 0.2) is 63.3 Å². The lowest BCUT2D eigenvalue weighted by molar-refractivity contribution is 0.0971. The van der Waals surface area contributed by atoms with Crippen LogP contribution in [0.25, 0.3) is 11.0 Å². The van der Waals surface area contributed by atoms with Gasteiger partial charge in [0.2, 0.25) is 5.76 Å². The first-order valence-corrected chi connectivity index (χ1v) is 10.0. The molecule has 0 fully saturated rings. The molecule has 1 amide bonds. The molecule has 2 aromatic carbocycles. The number of anilines is 1. The lowest BCUT2D eigenvalue weighted by Crippen LogP contribution is -2.29. The Labute approximate surface area is 175 Å². The predicted molar refractivity (Wildman–Crippen MR) is 113 cm³/mol. The monoisotopic (exact) mass is 420 g/mol. The Balaban J connectivity index is 1.81. The van der Waals surface area contributed by atoms with E-state index in [1.54, 1.807) is 55.1 Å². The minimum atomic E-state index is -0.695. The van der Waals surface area contributed by atoms with Gasteiger partial charge in [-0.2, -0.15) is 0 Å². The first-order chi connectivity index (χ1) is 14.6. The normalized spacial score (nSPS) is 15.5. The lowest BCUT2D eigenvalue weighted by Gasteiger charge is -2.23. The SMILES string of the molecule is COc1ccc([C@@H]2c3c(oc4ccccc4c3=O)C(=O)N2c2nccs2)cc1OC. The average molecular weight is 420 g/mol. The molecule has 0 saturated heterocycles. The first-order valence-electron chi connectivity index (χ1n) is 9.14. The Bertz CT molecular complexity index is 1330. The molecule has 150 valence electrons. The molecule has 1 aliphatic rings. The molecule has 0 N–H and O–H groups in total. The van der Waals surface area contributed by atoms with E-state index in [0.717, 1.165) is 0 Å². The third-order valence-corrected chi connectivity index (χ3v) is 5.90. The van der Waals surface area contributed by atoms with Crippen LogP contribution in [0.4, 0.5) is 5.13 Å². The van der Waals surface area contributed by atoms with Crippen molar-refractivity contribution in [3.8, 4) is 11.5 Å². The second kappa shape index (κ2) is 7.00. The molecule has 3 heterocycles. The van der Waals surface area contributed by atoms with Crippen molar-refractivity contribution < 1.29 is 18.7 Å². The van der Waals surface area contributed by atoms with Crippen LogP contribution < -0.4 is 19.8 Å². The largest absolute Gasteiger partial charge is 0.493 e. The van der Waals surface area contributed by atoms with Gasteiger partial charge in [-0.25, -0.2) is 4.98 Å². The summed E-state index contributed by atoms with van der Waals surface area (Å²) in [6.45, 7) is 0. The maximum Gasteiger partial charge on any atom is 0.297 e. The van der Waals surface area contributed by atoms with Gasteiger partial charge in [0, 0.05) is 11.6 Å². The lowest BCUT2D eigenvalue weighted by atomic mass is 9.98. The molecule has 5 rings (SSSR count). The molecule has 4 aromatic rings. The Morgan fingerprint density at radius 2 is 1.87 bits per heavy atom. The minimum Gasteiger partial charge on any atom is -0.493 e. The molecule has 0 unspecified atom stereocenters. The molecule has 0 saturated carbocycles. The van der Waals surface area contributed by atoms with Gasteiger partial charge in [-0.3, -0.25) is 14.5 Å². The van der Waals surface area contributed by atoms with Gasteiger partial charge in [-0.1, -0.05) is 18.2 Å². The highest BCUT2D eigenvalue weighted by Crippen LogP contribution is 2.43. The highest BCUT2D eigenvalue weighted by Gasteiger charge is 2.44. The number of nitrogens with zero attached hydrogens (tertiary/aromatic N) is 2. The quantitative estimate of drug-likeness (QED) is 0.496. The molecule has 0 radical (unpaired) electrons. The number of ether oxygens (including phenoxy) is 2. The number of aromatic nitrogens is 1. The smallest absolute Gasteiger partial charge is 0.297 e. The van der Waals surface area contributed by atoms with Gasteiger partial charge in [0.15, 0.2) is 22.1 Å². The summed E-state index contributed by atoms with van der Waals surface area (Å²) in [6, 6.07) is 11.5. The van der Waals surface area contributed by atoms with Crippen LogP contribution in [0.3, 0.4) is 0 Å². The highest BCUT2D eigenvalue weighted by molar-refractivity contribution is 7.13. The van der Waals surface area contributed by atoms with E-state index in [2.05, 4.69) is 4.98 Å². The summed E-state index contributed by atoms with van der Waals surface area (Å²) in [5.74, 6) is 0.688. The van der Waals surface area contributed by atoms with Crippen LogP contribution in [0, 0.1) is 0 Å². The number of rotatable bonds is 4. The van der Waals surface area contributed by atoms with E-state index < -0.39 is 11.9 Å². The van der Waals surface area contributed by atoms with E-state index in [1.807, 2.05) is 6.07 Å². The molecular formula is C22H16N2O5S. The number of hydrogen-bond donors (Lipinski definition) is 0. The minimum absolute atomic E-state index is 0.0358. The third kappa shape index (κ3) is 2.61. The van der Waals surface area contributed by atoms with E-state index >= 15 is 0 Å². The van der Waals surface area contributed by atoms with Gasteiger partial charge in [-0.15, -0.1) is 11.3 Å². The van der Waals surface area contributed by atoms with Crippen molar-refractivity contribution in [3.05, 3.63) is 81.2 Å². The number of carbonyl (C=O) groups excluding carboxylic acids is 1. The number of amides is 1. The number of thiazole rings is 1. The number of methoxy groups -OCH3 is 2. The van der Waals surface area contributed by atoms with Crippen molar-refractivity contribution in [1.29, 1.82) is 0 Å². The third-order valence-electron chi connectivity index (χ3n) is 5.13. The number of para-hydroxylation sites is 1. The van der Waals surface area contributed by atoms with Crippen molar-refractivity contribution in [3.63, 3.8) is 0 Å². The standard InChI is InChI=1S/C22H16N2O5S/c1-27-15-8-7-12(11-16(15)28-2)18-17-19(25)13-5-3-4-6-14(13)29-20(17)21(26)24(18)22-23-9-10-30-22/h3-11,18H,1-2H3/t18-/m1/s1. The van der Waals surface area contributed by atoms with Crippen molar-refractivity contribution in [1.82, 2.24) is 4.98 Å². The molecule has 7 nitrogen and oxygen atoms in total. The molecule has 2 aromatic heterocycles. The maximum absolute atomic E-state index is 13.4. The van der Waals surface area contributed by atoms with E-state index in [1.165, 1.54) is 23.3 Å². The Kier molecular flexibility index (Phi) is 4.29. The van der Waals surface area contributed by atoms with E-state index in [9.17, 15) is 9.59 Å². The fourth-order valence-electron chi connectivity index (χ4n) is 3.79. The number of benzene rings is 2. The summed E-state index contributed by atoms with van der Waals surface area (Å²) >= 11 is 1.32. The van der Waals surface area contributed by atoms with Gasteiger partial charge in [0.1, 0.15) is 5.58 Å². The predicted octanol–water partition coefficient (Wildman–Crippen LogP) is 4.02.